The third-order valence-electron chi connectivity index (χ3n) is 3.49. The number of nitrogens with one attached hydrogen (secondary N) is 1. The molecule has 1 aromatic rings. The molecular weight excluding hydrogens is 228 g/mol. The zero-order valence-corrected chi connectivity index (χ0v) is 11.1. The van der Waals surface area contributed by atoms with Gasteiger partial charge in [0.15, 0.2) is 0 Å². The zero-order valence-electron chi connectivity index (χ0n) is 10.3. The van der Waals surface area contributed by atoms with Crippen LogP contribution in [-0.4, -0.2) is 6.04 Å². The van der Waals surface area contributed by atoms with E-state index in [1.54, 1.807) is 16.9 Å². The van der Waals surface area contributed by atoms with Crippen LogP contribution in [0, 0.1) is 0 Å². The van der Waals surface area contributed by atoms with Crippen LogP contribution >= 0.6 is 11.3 Å². The lowest BCUT2D eigenvalue weighted by Gasteiger charge is -2.20. The lowest BCUT2D eigenvalue weighted by molar-refractivity contribution is 0.478. The molecule has 1 aliphatic carbocycles. The Labute approximate surface area is 108 Å². The Morgan fingerprint density at radius 1 is 1.41 bits per heavy atom. The molecule has 17 heavy (non-hydrogen) atoms. The monoisotopic (exact) mass is 250 g/mol. The van der Waals surface area contributed by atoms with Crippen molar-refractivity contribution in [2.24, 2.45) is 5.84 Å². The predicted molar refractivity (Wildman–Crippen MR) is 74.9 cm³/mol. The summed E-state index contributed by atoms with van der Waals surface area (Å²) in [4.78, 5) is 0. The molecule has 1 atom stereocenters. The number of hydrogen-bond acceptors (Lipinski definition) is 3. The molecule has 2 nitrogen and oxygen atoms in total. The number of aryl methyl sites for hydroxylation is 1. The van der Waals surface area contributed by atoms with E-state index in [2.05, 4.69) is 28.3 Å². The highest BCUT2D eigenvalue weighted by molar-refractivity contribution is 7.07. The fourth-order valence-electron chi connectivity index (χ4n) is 2.43. The van der Waals surface area contributed by atoms with Crippen molar-refractivity contribution in [3.05, 3.63) is 34.0 Å². The van der Waals surface area contributed by atoms with E-state index in [9.17, 15) is 0 Å². The van der Waals surface area contributed by atoms with Gasteiger partial charge in [0.1, 0.15) is 0 Å². The maximum absolute atomic E-state index is 5.65. The summed E-state index contributed by atoms with van der Waals surface area (Å²) in [5.41, 5.74) is 6.01. The molecule has 94 valence electrons. The molecule has 0 radical (unpaired) electrons. The van der Waals surface area contributed by atoms with Crippen LogP contribution in [0.15, 0.2) is 28.5 Å². The molecule has 0 saturated carbocycles. The van der Waals surface area contributed by atoms with Crippen LogP contribution in [0.1, 0.15) is 44.1 Å². The number of hydrogen-bond donors (Lipinski definition) is 2. The Kier molecular flexibility index (Phi) is 5.23. The summed E-state index contributed by atoms with van der Waals surface area (Å²) in [6, 6.07) is 2.64. The van der Waals surface area contributed by atoms with Crippen LogP contribution in [-0.2, 0) is 6.42 Å². The molecule has 0 amide bonds. The van der Waals surface area contributed by atoms with Gasteiger partial charge in [-0.3, -0.25) is 11.3 Å². The first-order valence-electron chi connectivity index (χ1n) is 6.53. The summed E-state index contributed by atoms with van der Waals surface area (Å²) in [6.07, 6.45) is 11.1. The van der Waals surface area contributed by atoms with Gasteiger partial charge in [0.2, 0.25) is 0 Å². The van der Waals surface area contributed by atoms with Crippen molar-refractivity contribution in [1.29, 1.82) is 0 Å². The van der Waals surface area contributed by atoms with Crippen molar-refractivity contribution in [2.75, 3.05) is 0 Å². The molecule has 0 bridgehead atoms. The normalized spacial score (nSPS) is 17.8. The molecule has 0 aliphatic heterocycles. The summed E-state index contributed by atoms with van der Waals surface area (Å²) in [7, 11) is 0. The summed E-state index contributed by atoms with van der Waals surface area (Å²) in [6.45, 7) is 0. The molecule has 1 heterocycles. The fourth-order valence-corrected chi connectivity index (χ4v) is 3.13. The second kappa shape index (κ2) is 6.94. The Bertz CT molecular complexity index is 343. The minimum atomic E-state index is 0.430. The minimum Gasteiger partial charge on any atom is -0.271 e. The van der Waals surface area contributed by atoms with E-state index >= 15 is 0 Å². The summed E-state index contributed by atoms with van der Waals surface area (Å²) in [5.74, 6) is 5.65. The van der Waals surface area contributed by atoms with Gasteiger partial charge in [-0.15, -0.1) is 0 Å². The van der Waals surface area contributed by atoms with E-state index in [0.29, 0.717) is 6.04 Å². The molecule has 0 spiro atoms. The predicted octanol–water partition coefficient (Wildman–Crippen LogP) is 3.40. The standard InChI is InChI=1S/C14H22N2S/c15-16-14(7-6-13-8-9-17-11-13)10-12-4-2-1-3-5-12/h4,8-9,11,14,16H,1-3,5-7,10,15H2. The molecule has 0 saturated heterocycles. The average molecular weight is 250 g/mol. The fraction of sp³-hybridized carbons (Fsp3) is 0.571. The first-order valence-corrected chi connectivity index (χ1v) is 7.48. The van der Waals surface area contributed by atoms with Gasteiger partial charge in [-0.2, -0.15) is 11.3 Å². The van der Waals surface area contributed by atoms with Crippen LogP contribution in [0.3, 0.4) is 0 Å². The molecule has 1 aromatic heterocycles. The van der Waals surface area contributed by atoms with Crippen molar-refractivity contribution >= 4 is 11.3 Å². The van der Waals surface area contributed by atoms with E-state index in [-0.39, 0.29) is 0 Å². The molecular formula is C14H22N2S. The lowest BCUT2D eigenvalue weighted by Crippen LogP contribution is -2.35. The summed E-state index contributed by atoms with van der Waals surface area (Å²) >= 11 is 1.77. The lowest BCUT2D eigenvalue weighted by atomic mass is 9.92. The molecule has 2 rings (SSSR count). The highest BCUT2D eigenvalue weighted by atomic mass is 32.1. The highest BCUT2D eigenvalue weighted by Gasteiger charge is 2.11. The SMILES string of the molecule is NNC(CCc1ccsc1)CC1=CCCCC1. The Hall–Kier alpha value is -0.640. The van der Waals surface area contributed by atoms with E-state index in [1.165, 1.54) is 31.2 Å². The van der Waals surface area contributed by atoms with E-state index < -0.39 is 0 Å². The Morgan fingerprint density at radius 2 is 2.35 bits per heavy atom. The third kappa shape index (κ3) is 4.26. The Balaban J connectivity index is 1.78. The Morgan fingerprint density at radius 3 is 3.00 bits per heavy atom. The van der Waals surface area contributed by atoms with Crippen LogP contribution in [0.4, 0.5) is 0 Å². The van der Waals surface area contributed by atoms with Gasteiger partial charge in [-0.05, 0) is 67.3 Å². The smallest absolute Gasteiger partial charge is 0.0250 e. The van der Waals surface area contributed by atoms with Crippen LogP contribution in [0.5, 0.6) is 0 Å². The first kappa shape index (κ1) is 12.8. The number of hydrazine groups is 1. The number of allylic oxidation sites excluding steroid dienone is 1. The van der Waals surface area contributed by atoms with E-state index in [0.717, 1.165) is 19.3 Å². The van der Waals surface area contributed by atoms with Gasteiger partial charge < -0.3 is 0 Å². The van der Waals surface area contributed by atoms with Crippen LogP contribution in [0.25, 0.3) is 0 Å². The molecule has 3 N–H and O–H groups in total. The van der Waals surface area contributed by atoms with Gasteiger partial charge in [-0.1, -0.05) is 11.6 Å². The number of rotatable bonds is 6. The van der Waals surface area contributed by atoms with Gasteiger partial charge in [0, 0.05) is 6.04 Å². The second-order valence-corrected chi connectivity index (χ2v) is 5.63. The third-order valence-corrected chi connectivity index (χ3v) is 4.22. The summed E-state index contributed by atoms with van der Waals surface area (Å²) in [5, 5.41) is 4.37. The number of thiophene rings is 1. The topological polar surface area (TPSA) is 38.0 Å². The molecule has 0 fully saturated rings. The molecule has 1 unspecified atom stereocenters. The second-order valence-electron chi connectivity index (χ2n) is 4.85. The van der Waals surface area contributed by atoms with Crippen LogP contribution in [0.2, 0.25) is 0 Å². The van der Waals surface area contributed by atoms with Crippen molar-refractivity contribution in [3.63, 3.8) is 0 Å². The van der Waals surface area contributed by atoms with Gasteiger partial charge in [0.05, 0.1) is 0 Å². The van der Waals surface area contributed by atoms with Crippen LogP contribution < -0.4 is 11.3 Å². The van der Waals surface area contributed by atoms with Gasteiger partial charge >= 0.3 is 0 Å². The highest BCUT2D eigenvalue weighted by Crippen LogP contribution is 2.22. The quantitative estimate of drug-likeness (QED) is 0.461. The zero-order chi connectivity index (χ0) is 11.9. The molecule has 0 aromatic carbocycles. The van der Waals surface area contributed by atoms with Gasteiger partial charge in [0.25, 0.3) is 0 Å². The number of nitrogens with two attached hydrogens (primary N) is 1. The van der Waals surface area contributed by atoms with Crippen molar-refractivity contribution in [2.45, 2.75) is 51.0 Å². The average Bonchev–Trinajstić information content (AvgIpc) is 2.89. The maximum atomic E-state index is 5.65. The van der Waals surface area contributed by atoms with E-state index in [1.807, 2.05) is 0 Å². The molecule has 3 heteroatoms. The molecule has 1 aliphatic rings. The van der Waals surface area contributed by atoms with Crippen molar-refractivity contribution < 1.29 is 0 Å². The summed E-state index contributed by atoms with van der Waals surface area (Å²) < 4.78 is 0. The maximum Gasteiger partial charge on any atom is 0.0250 e. The largest absolute Gasteiger partial charge is 0.271 e. The van der Waals surface area contributed by atoms with Gasteiger partial charge in [-0.25, -0.2) is 0 Å². The van der Waals surface area contributed by atoms with Crippen molar-refractivity contribution in [1.82, 2.24) is 5.43 Å². The first-order chi connectivity index (χ1) is 8.38. The minimum absolute atomic E-state index is 0.430. The van der Waals surface area contributed by atoms with E-state index in [4.69, 9.17) is 5.84 Å². The van der Waals surface area contributed by atoms with Crippen molar-refractivity contribution in [3.8, 4) is 0 Å².